The van der Waals surface area contributed by atoms with Gasteiger partial charge in [0.2, 0.25) is 0 Å². The molecule has 106 valence electrons. The average Bonchev–Trinajstić information content (AvgIpc) is 2.48. The predicted octanol–water partition coefficient (Wildman–Crippen LogP) is 3.58. The van der Waals surface area contributed by atoms with Crippen LogP contribution in [0, 0.1) is 5.82 Å². The number of methoxy groups -OCH3 is 2. The summed E-state index contributed by atoms with van der Waals surface area (Å²) in [5.74, 6) is 0.469. The first-order chi connectivity index (χ1) is 9.58. The van der Waals surface area contributed by atoms with E-state index < -0.39 is 11.9 Å². The van der Waals surface area contributed by atoms with Crippen LogP contribution in [0.1, 0.15) is 17.2 Å². The highest BCUT2D eigenvalue weighted by molar-refractivity contribution is 6.31. The van der Waals surface area contributed by atoms with Gasteiger partial charge in [0, 0.05) is 17.2 Å². The van der Waals surface area contributed by atoms with Crippen LogP contribution >= 0.6 is 11.6 Å². The number of rotatable bonds is 4. The molecule has 20 heavy (non-hydrogen) atoms. The molecule has 0 amide bonds. The maximum atomic E-state index is 13.5. The standard InChI is InChI=1S/C15H14ClFO3/c1-19-9-6-7-10(13(8-9)20-2)15(18)11-4-3-5-12(17)14(11)16/h3-8,15,18H,1-2H3. The molecule has 2 aromatic rings. The first-order valence-corrected chi connectivity index (χ1v) is 6.30. The summed E-state index contributed by atoms with van der Waals surface area (Å²) in [4.78, 5) is 0. The predicted molar refractivity (Wildman–Crippen MR) is 75.0 cm³/mol. The number of hydrogen-bond donors (Lipinski definition) is 1. The molecule has 0 aliphatic carbocycles. The van der Waals surface area contributed by atoms with Gasteiger partial charge in [0.05, 0.1) is 19.2 Å². The maximum absolute atomic E-state index is 13.5. The maximum Gasteiger partial charge on any atom is 0.142 e. The van der Waals surface area contributed by atoms with Crippen LogP contribution in [-0.4, -0.2) is 19.3 Å². The van der Waals surface area contributed by atoms with Crippen LogP contribution in [0.25, 0.3) is 0 Å². The number of aliphatic hydroxyl groups excluding tert-OH is 1. The second-order valence-corrected chi connectivity index (χ2v) is 4.53. The van der Waals surface area contributed by atoms with Gasteiger partial charge in [0.1, 0.15) is 23.4 Å². The largest absolute Gasteiger partial charge is 0.497 e. The van der Waals surface area contributed by atoms with Crippen molar-refractivity contribution in [2.75, 3.05) is 14.2 Å². The lowest BCUT2D eigenvalue weighted by Crippen LogP contribution is -2.04. The molecule has 0 saturated carbocycles. The summed E-state index contributed by atoms with van der Waals surface area (Å²) in [5.41, 5.74) is 0.774. The van der Waals surface area contributed by atoms with Crippen LogP contribution in [0.15, 0.2) is 36.4 Å². The van der Waals surface area contributed by atoms with Crippen LogP contribution in [0.4, 0.5) is 4.39 Å². The highest BCUT2D eigenvalue weighted by Gasteiger charge is 2.20. The normalized spacial score (nSPS) is 12.1. The quantitative estimate of drug-likeness (QED) is 0.937. The zero-order valence-corrected chi connectivity index (χ0v) is 11.8. The monoisotopic (exact) mass is 296 g/mol. The highest BCUT2D eigenvalue weighted by atomic mass is 35.5. The van der Waals surface area contributed by atoms with Gasteiger partial charge in [-0.05, 0) is 18.2 Å². The van der Waals surface area contributed by atoms with Gasteiger partial charge in [-0.1, -0.05) is 23.7 Å². The lowest BCUT2D eigenvalue weighted by Gasteiger charge is -2.17. The zero-order valence-electron chi connectivity index (χ0n) is 11.1. The van der Waals surface area contributed by atoms with Gasteiger partial charge < -0.3 is 14.6 Å². The second kappa shape index (κ2) is 6.11. The van der Waals surface area contributed by atoms with Crippen molar-refractivity contribution in [1.29, 1.82) is 0 Å². The topological polar surface area (TPSA) is 38.7 Å². The molecule has 0 aliphatic rings. The summed E-state index contributed by atoms with van der Waals surface area (Å²) in [6, 6.07) is 9.29. The van der Waals surface area contributed by atoms with E-state index in [-0.39, 0.29) is 10.6 Å². The van der Waals surface area contributed by atoms with Crippen molar-refractivity contribution >= 4 is 11.6 Å². The Hall–Kier alpha value is -1.78. The van der Waals surface area contributed by atoms with E-state index in [0.29, 0.717) is 17.1 Å². The van der Waals surface area contributed by atoms with Crippen LogP contribution in [0.3, 0.4) is 0 Å². The van der Waals surface area contributed by atoms with Crippen molar-refractivity contribution in [3.8, 4) is 11.5 Å². The number of aliphatic hydroxyl groups is 1. The molecule has 1 atom stereocenters. The van der Waals surface area contributed by atoms with Crippen molar-refractivity contribution in [3.05, 3.63) is 58.4 Å². The molecular formula is C15H14ClFO3. The molecule has 2 rings (SSSR count). The number of ether oxygens (including phenoxy) is 2. The Bertz CT molecular complexity index is 616. The Morgan fingerprint density at radius 1 is 1.10 bits per heavy atom. The van der Waals surface area contributed by atoms with E-state index in [0.717, 1.165) is 0 Å². The van der Waals surface area contributed by atoms with E-state index in [1.807, 2.05) is 0 Å². The molecule has 0 heterocycles. The van der Waals surface area contributed by atoms with Crippen LogP contribution in [0.2, 0.25) is 5.02 Å². The summed E-state index contributed by atoms with van der Waals surface area (Å²) >= 11 is 5.89. The van der Waals surface area contributed by atoms with Gasteiger partial charge in [-0.25, -0.2) is 4.39 Å². The van der Waals surface area contributed by atoms with Gasteiger partial charge in [0.25, 0.3) is 0 Å². The summed E-state index contributed by atoms with van der Waals surface area (Å²) in [6.07, 6.45) is -1.08. The van der Waals surface area contributed by atoms with Crippen LogP contribution in [-0.2, 0) is 0 Å². The van der Waals surface area contributed by atoms with Crippen LogP contribution < -0.4 is 9.47 Å². The third kappa shape index (κ3) is 2.71. The second-order valence-electron chi connectivity index (χ2n) is 4.15. The fourth-order valence-electron chi connectivity index (χ4n) is 1.94. The van der Waals surface area contributed by atoms with E-state index in [4.69, 9.17) is 21.1 Å². The van der Waals surface area contributed by atoms with E-state index in [9.17, 15) is 9.50 Å². The summed E-state index contributed by atoms with van der Waals surface area (Å²) in [6.45, 7) is 0. The molecule has 1 N–H and O–H groups in total. The summed E-state index contributed by atoms with van der Waals surface area (Å²) in [7, 11) is 3.02. The number of benzene rings is 2. The van der Waals surface area contributed by atoms with Gasteiger partial charge in [-0.2, -0.15) is 0 Å². The molecule has 0 fully saturated rings. The van der Waals surface area contributed by atoms with Gasteiger partial charge in [-0.3, -0.25) is 0 Å². The molecule has 1 unspecified atom stereocenters. The van der Waals surface area contributed by atoms with Crippen LogP contribution in [0.5, 0.6) is 11.5 Å². The smallest absolute Gasteiger partial charge is 0.142 e. The fourth-order valence-corrected chi connectivity index (χ4v) is 2.17. The van der Waals surface area contributed by atoms with E-state index in [1.54, 1.807) is 24.3 Å². The highest BCUT2D eigenvalue weighted by Crippen LogP contribution is 2.36. The van der Waals surface area contributed by atoms with Gasteiger partial charge in [0.15, 0.2) is 0 Å². The molecular weight excluding hydrogens is 283 g/mol. The van der Waals surface area contributed by atoms with Gasteiger partial charge in [-0.15, -0.1) is 0 Å². The van der Waals surface area contributed by atoms with Crippen molar-refractivity contribution < 1.29 is 19.0 Å². The Kier molecular flexibility index (Phi) is 4.47. The molecule has 0 bridgehead atoms. The molecule has 5 heteroatoms. The molecule has 0 saturated heterocycles. The van der Waals surface area contributed by atoms with Crippen molar-refractivity contribution in [1.82, 2.24) is 0 Å². The molecule has 0 aromatic heterocycles. The Balaban J connectivity index is 2.47. The Morgan fingerprint density at radius 2 is 1.85 bits per heavy atom. The Labute approximate surface area is 121 Å². The Morgan fingerprint density at radius 3 is 2.50 bits per heavy atom. The molecule has 0 radical (unpaired) electrons. The van der Waals surface area contributed by atoms with E-state index in [1.165, 1.54) is 26.4 Å². The lowest BCUT2D eigenvalue weighted by atomic mass is 10.00. The molecule has 3 nitrogen and oxygen atoms in total. The summed E-state index contributed by atoms with van der Waals surface area (Å²) in [5, 5.41) is 10.3. The minimum atomic E-state index is -1.08. The third-order valence-corrected chi connectivity index (χ3v) is 3.41. The molecule has 2 aromatic carbocycles. The lowest BCUT2D eigenvalue weighted by molar-refractivity contribution is 0.214. The first-order valence-electron chi connectivity index (χ1n) is 5.92. The van der Waals surface area contributed by atoms with Gasteiger partial charge >= 0.3 is 0 Å². The van der Waals surface area contributed by atoms with E-state index >= 15 is 0 Å². The SMILES string of the molecule is COc1ccc(C(O)c2cccc(F)c2Cl)c(OC)c1. The molecule has 0 aliphatic heterocycles. The minimum absolute atomic E-state index is 0.0992. The summed E-state index contributed by atoms with van der Waals surface area (Å²) < 4.78 is 23.8. The van der Waals surface area contributed by atoms with E-state index in [2.05, 4.69) is 0 Å². The average molecular weight is 297 g/mol. The first kappa shape index (κ1) is 14.6. The van der Waals surface area contributed by atoms with Crippen molar-refractivity contribution in [2.24, 2.45) is 0 Å². The minimum Gasteiger partial charge on any atom is -0.497 e. The van der Waals surface area contributed by atoms with Crippen molar-refractivity contribution in [3.63, 3.8) is 0 Å². The third-order valence-electron chi connectivity index (χ3n) is 3.01. The van der Waals surface area contributed by atoms with Crippen molar-refractivity contribution in [2.45, 2.75) is 6.10 Å². The zero-order chi connectivity index (χ0) is 14.7. The fraction of sp³-hybridized carbons (Fsp3) is 0.200. The number of halogens is 2. The molecule has 0 spiro atoms. The number of hydrogen-bond acceptors (Lipinski definition) is 3.